The molecule has 0 radical (unpaired) electrons. The fourth-order valence-corrected chi connectivity index (χ4v) is 3.42. The first kappa shape index (κ1) is 20.9. The van der Waals surface area contributed by atoms with Crippen LogP contribution in [-0.2, 0) is 9.47 Å². The summed E-state index contributed by atoms with van der Waals surface area (Å²) >= 11 is 6.01. The van der Waals surface area contributed by atoms with E-state index in [-0.39, 0.29) is 18.1 Å². The fraction of sp³-hybridized carbons (Fsp3) is 0.632. The van der Waals surface area contributed by atoms with Gasteiger partial charge in [-0.25, -0.2) is 9.18 Å². The minimum atomic E-state index is -0.546. The van der Waals surface area contributed by atoms with Gasteiger partial charge in [-0.05, 0) is 57.4 Å². The number of halogens is 2. The van der Waals surface area contributed by atoms with E-state index >= 15 is 0 Å². The highest BCUT2D eigenvalue weighted by molar-refractivity contribution is 6.30. The van der Waals surface area contributed by atoms with E-state index in [0.717, 1.165) is 12.8 Å². The van der Waals surface area contributed by atoms with Crippen molar-refractivity contribution in [3.8, 4) is 0 Å². The van der Waals surface area contributed by atoms with Crippen LogP contribution in [0.25, 0.3) is 0 Å². The lowest BCUT2D eigenvalue weighted by atomic mass is 9.88. The number of likely N-dealkylation sites (tertiary alicyclic amines) is 1. The molecule has 0 spiro atoms. The van der Waals surface area contributed by atoms with Gasteiger partial charge in [-0.1, -0.05) is 11.6 Å². The van der Waals surface area contributed by atoms with Crippen LogP contribution in [0.5, 0.6) is 0 Å². The van der Waals surface area contributed by atoms with Crippen LogP contribution in [-0.4, -0.2) is 42.8 Å². The van der Waals surface area contributed by atoms with Crippen LogP contribution < -0.4 is 5.73 Å². The SMILES string of the molecule is CC(C)(C)OC(=O)N1CCC[C@@H]([C@@H](OCCN)c2cc(F)cc(Cl)c2)C1. The van der Waals surface area contributed by atoms with E-state index in [1.54, 1.807) is 11.0 Å². The maximum absolute atomic E-state index is 13.8. The lowest BCUT2D eigenvalue weighted by Crippen LogP contribution is -2.44. The summed E-state index contributed by atoms with van der Waals surface area (Å²) in [5.41, 5.74) is 5.70. The van der Waals surface area contributed by atoms with Gasteiger partial charge in [-0.3, -0.25) is 0 Å². The number of piperidine rings is 1. The molecule has 1 fully saturated rings. The van der Waals surface area contributed by atoms with E-state index < -0.39 is 11.4 Å². The van der Waals surface area contributed by atoms with Gasteiger partial charge < -0.3 is 20.1 Å². The molecule has 26 heavy (non-hydrogen) atoms. The Labute approximate surface area is 159 Å². The molecule has 1 heterocycles. The van der Waals surface area contributed by atoms with Crippen LogP contribution in [0.3, 0.4) is 0 Å². The third kappa shape index (κ3) is 6.11. The molecular formula is C19H28ClFN2O3. The topological polar surface area (TPSA) is 64.8 Å². The largest absolute Gasteiger partial charge is 0.444 e. The van der Waals surface area contributed by atoms with E-state index in [4.69, 9.17) is 26.8 Å². The molecule has 146 valence electrons. The summed E-state index contributed by atoms with van der Waals surface area (Å²) in [6.07, 6.45) is 0.979. The fourth-order valence-electron chi connectivity index (χ4n) is 3.19. The van der Waals surface area contributed by atoms with Gasteiger partial charge >= 0.3 is 6.09 Å². The monoisotopic (exact) mass is 386 g/mol. The predicted octanol–water partition coefficient (Wildman–Crippen LogP) is 4.14. The number of nitrogens with two attached hydrogens (primary N) is 1. The van der Waals surface area contributed by atoms with Gasteiger partial charge in [0.25, 0.3) is 0 Å². The Morgan fingerprint density at radius 2 is 2.15 bits per heavy atom. The van der Waals surface area contributed by atoms with Crippen LogP contribution in [0.2, 0.25) is 5.02 Å². The van der Waals surface area contributed by atoms with Crippen molar-refractivity contribution in [3.63, 3.8) is 0 Å². The number of ether oxygens (including phenoxy) is 2. The molecule has 0 saturated carbocycles. The van der Waals surface area contributed by atoms with E-state index in [1.165, 1.54) is 12.1 Å². The molecule has 1 aromatic rings. The molecule has 1 aromatic carbocycles. The van der Waals surface area contributed by atoms with Gasteiger partial charge in [0.15, 0.2) is 0 Å². The van der Waals surface area contributed by atoms with Crippen molar-refractivity contribution in [2.45, 2.75) is 45.3 Å². The molecule has 0 aromatic heterocycles. The van der Waals surface area contributed by atoms with Crippen molar-refractivity contribution in [3.05, 3.63) is 34.6 Å². The van der Waals surface area contributed by atoms with Gasteiger partial charge in [0, 0.05) is 30.6 Å². The lowest BCUT2D eigenvalue weighted by Gasteiger charge is -2.37. The van der Waals surface area contributed by atoms with E-state index in [0.29, 0.717) is 36.8 Å². The summed E-state index contributed by atoms with van der Waals surface area (Å²) in [5.74, 6) is -0.394. The zero-order valence-corrected chi connectivity index (χ0v) is 16.4. The van der Waals surface area contributed by atoms with Crippen LogP contribution in [0.1, 0.15) is 45.3 Å². The number of rotatable bonds is 5. The van der Waals surface area contributed by atoms with E-state index in [2.05, 4.69) is 0 Å². The van der Waals surface area contributed by atoms with Gasteiger partial charge in [0.2, 0.25) is 0 Å². The quantitative estimate of drug-likeness (QED) is 0.825. The zero-order chi connectivity index (χ0) is 19.3. The van der Waals surface area contributed by atoms with Crippen molar-refractivity contribution >= 4 is 17.7 Å². The summed E-state index contributed by atoms with van der Waals surface area (Å²) in [5, 5.41) is 0.321. The van der Waals surface area contributed by atoms with Gasteiger partial charge in [-0.15, -0.1) is 0 Å². The summed E-state index contributed by atoms with van der Waals surface area (Å²) in [7, 11) is 0. The number of benzene rings is 1. The van der Waals surface area contributed by atoms with Crippen molar-refractivity contribution in [2.75, 3.05) is 26.2 Å². The van der Waals surface area contributed by atoms with Crippen LogP contribution in [0.4, 0.5) is 9.18 Å². The molecule has 1 amide bonds. The third-order valence-electron chi connectivity index (χ3n) is 4.17. The maximum atomic E-state index is 13.8. The van der Waals surface area contributed by atoms with Crippen LogP contribution in [0, 0.1) is 11.7 Å². The average Bonchev–Trinajstić information content (AvgIpc) is 2.53. The third-order valence-corrected chi connectivity index (χ3v) is 4.38. The summed E-state index contributed by atoms with van der Waals surface area (Å²) in [6.45, 7) is 7.36. The second kappa shape index (κ2) is 9.02. The smallest absolute Gasteiger partial charge is 0.410 e. The first-order valence-electron chi connectivity index (χ1n) is 8.95. The maximum Gasteiger partial charge on any atom is 0.410 e. The minimum Gasteiger partial charge on any atom is -0.444 e. The molecule has 0 aliphatic carbocycles. The molecule has 5 nitrogen and oxygen atoms in total. The Morgan fingerprint density at radius 1 is 1.42 bits per heavy atom. The Kier molecular flexibility index (Phi) is 7.26. The molecule has 2 N–H and O–H groups in total. The second-order valence-corrected chi connectivity index (χ2v) is 8.05. The normalized spacial score (nSPS) is 19.3. The molecule has 1 aliphatic heterocycles. The van der Waals surface area contributed by atoms with Crippen LogP contribution >= 0.6 is 11.6 Å². The van der Waals surface area contributed by atoms with Crippen molar-refractivity contribution < 1.29 is 18.7 Å². The predicted molar refractivity (Wildman–Crippen MR) is 99.7 cm³/mol. The number of nitrogens with zero attached hydrogens (tertiary/aromatic N) is 1. The van der Waals surface area contributed by atoms with Crippen molar-refractivity contribution in [2.24, 2.45) is 11.7 Å². The molecule has 1 aliphatic rings. The standard InChI is InChI=1S/C19H28ClFN2O3/c1-19(2,3)26-18(24)23-7-4-5-13(12-23)17(25-8-6-22)14-9-15(20)11-16(21)10-14/h9-11,13,17H,4-8,12,22H2,1-3H3/t13-,17-/m1/s1. The number of hydrogen-bond donors (Lipinski definition) is 1. The number of amides is 1. The molecule has 1 saturated heterocycles. The molecule has 7 heteroatoms. The Balaban J connectivity index is 2.17. The first-order chi connectivity index (χ1) is 12.2. The van der Waals surface area contributed by atoms with E-state index in [1.807, 2.05) is 20.8 Å². The van der Waals surface area contributed by atoms with Crippen LogP contribution in [0.15, 0.2) is 18.2 Å². The molecule has 0 bridgehead atoms. The first-order valence-corrected chi connectivity index (χ1v) is 9.33. The van der Waals surface area contributed by atoms with Gasteiger partial charge in [0.1, 0.15) is 11.4 Å². The highest BCUT2D eigenvalue weighted by Gasteiger charge is 2.33. The molecule has 2 atom stereocenters. The number of hydrogen-bond acceptors (Lipinski definition) is 4. The summed E-state index contributed by atoms with van der Waals surface area (Å²) in [6, 6.07) is 4.40. The Bertz CT molecular complexity index is 601. The lowest BCUT2D eigenvalue weighted by molar-refractivity contribution is -0.0234. The van der Waals surface area contributed by atoms with Gasteiger partial charge in [-0.2, -0.15) is 0 Å². The molecular weight excluding hydrogens is 359 g/mol. The Hall–Kier alpha value is -1.37. The average molecular weight is 387 g/mol. The van der Waals surface area contributed by atoms with E-state index in [9.17, 15) is 9.18 Å². The molecule has 0 unspecified atom stereocenters. The van der Waals surface area contributed by atoms with Crippen molar-refractivity contribution in [1.29, 1.82) is 0 Å². The summed E-state index contributed by atoms with van der Waals surface area (Å²) < 4.78 is 25.2. The number of carbonyl (C=O) groups excluding carboxylic acids is 1. The van der Waals surface area contributed by atoms with Gasteiger partial charge in [0.05, 0.1) is 12.7 Å². The Morgan fingerprint density at radius 3 is 2.77 bits per heavy atom. The zero-order valence-electron chi connectivity index (χ0n) is 15.6. The number of carbonyl (C=O) groups is 1. The van der Waals surface area contributed by atoms with Crippen molar-refractivity contribution in [1.82, 2.24) is 4.90 Å². The second-order valence-electron chi connectivity index (χ2n) is 7.61. The highest BCUT2D eigenvalue weighted by atomic mass is 35.5. The summed E-state index contributed by atoms with van der Waals surface area (Å²) in [4.78, 5) is 14.1. The highest BCUT2D eigenvalue weighted by Crippen LogP contribution is 2.34. The molecule has 2 rings (SSSR count). The minimum absolute atomic E-state index is 0.0145.